The molecule has 4 rings (SSSR count). The molecule has 4 fully saturated rings. The fourth-order valence-electron chi connectivity index (χ4n) is 5.10. The summed E-state index contributed by atoms with van der Waals surface area (Å²) in [7, 11) is 0. The molecule has 15 heavy (non-hydrogen) atoms. The monoisotopic (exact) mass is 207 g/mol. The molecule has 1 aliphatic heterocycles. The molecule has 3 saturated carbocycles. The van der Waals surface area contributed by atoms with Gasteiger partial charge >= 0.3 is 0 Å². The summed E-state index contributed by atoms with van der Waals surface area (Å²) in [5.74, 6) is 1.47. The molecule has 5 atom stereocenters. The Morgan fingerprint density at radius 3 is 2.87 bits per heavy atom. The minimum Gasteiger partial charge on any atom is -0.362 e. The van der Waals surface area contributed by atoms with Crippen LogP contribution < -0.4 is 5.73 Å². The van der Waals surface area contributed by atoms with Crippen molar-refractivity contribution >= 4 is 0 Å². The van der Waals surface area contributed by atoms with E-state index < -0.39 is 0 Å². The van der Waals surface area contributed by atoms with Gasteiger partial charge in [0.1, 0.15) is 5.60 Å². The molecule has 2 N–H and O–H groups in total. The van der Waals surface area contributed by atoms with Crippen LogP contribution in [-0.4, -0.2) is 17.2 Å². The van der Waals surface area contributed by atoms with E-state index in [0.29, 0.717) is 17.6 Å². The summed E-state index contributed by atoms with van der Waals surface area (Å²) in [4.78, 5) is 0. The zero-order valence-corrected chi connectivity index (χ0v) is 9.37. The third-order valence-electron chi connectivity index (χ3n) is 5.78. The standard InChI is InChI=1S/C13H21NO/c14-11-9-4-3-5-10(11)13-7-2-1-6-12(13,8-9)15-13/h9-11H,1-8,14H2/t9-,10+,11-,12-,13+/m0/s1. The molecule has 0 aromatic heterocycles. The first kappa shape index (κ1) is 9.00. The molecule has 0 aromatic carbocycles. The summed E-state index contributed by atoms with van der Waals surface area (Å²) < 4.78 is 6.32. The lowest BCUT2D eigenvalue weighted by molar-refractivity contribution is 0.0821. The molecule has 2 nitrogen and oxygen atoms in total. The molecule has 1 saturated heterocycles. The molecule has 0 radical (unpaired) electrons. The highest BCUT2D eigenvalue weighted by molar-refractivity contribution is 5.26. The Kier molecular flexibility index (Phi) is 1.56. The van der Waals surface area contributed by atoms with Crippen LogP contribution in [0.1, 0.15) is 51.4 Å². The molecule has 3 aliphatic carbocycles. The van der Waals surface area contributed by atoms with Crippen molar-refractivity contribution in [1.82, 2.24) is 0 Å². The van der Waals surface area contributed by atoms with Crippen molar-refractivity contribution in [2.45, 2.75) is 68.6 Å². The maximum atomic E-state index is 6.42. The second kappa shape index (κ2) is 2.60. The van der Waals surface area contributed by atoms with Gasteiger partial charge in [-0.25, -0.2) is 0 Å². The van der Waals surface area contributed by atoms with E-state index in [1.54, 1.807) is 0 Å². The molecule has 0 spiro atoms. The van der Waals surface area contributed by atoms with Crippen molar-refractivity contribution in [3.8, 4) is 0 Å². The summed E-state index contributed by atoms with van der Waals surface area (Å²) in [6, 6.07) is 0.451. The van der Waals surface area contributed by atoms with Gasteiger partial charge in [-0.05, 0) is 38.0 Å². The van der Waals surface area contributed by atoms with Crippen molar-refractivity contribution in [3.63, 3.8) is 0 Å². The fourth-order valence-corrected chi connectivity index (χ4v) is 5.10. The van der Waals surface area contributed by atoms with E-state index in [-0.39, 0.29) is 5.60 Å². The van der Waals surface area contributed by atoms with E-state index in [9.17, 15) is 0 Å². The largest absolute Gasteiger partial charge is 0.362 e. The van der Waals surface area contributed by atoms with E-state index >= 15 is 0 Å². The molecule has 84 valence electrons. The average Bonchev–Trinajstić information content (AvgIpc) is 2.88. The highest BCUT2D eigenvalue weighted by Gasteiger charge is 2.77. The Balaban J connectivity index is 1.74. The van der Waals surface area contributed by atoms with Gasteiger partial charge in [0.25, 0.3) is 0 Å². The lowest BCUT2D eigenvalue weighted by atomic mass is 9.56. The summed E-state index contributed by atoms with van der Waals surface area (Å²) >= 11 is 0. The maximum absolute atomic E-state index is 6.42. The molecule has 1 heterocycles. The van der Waals surface area contributed by atoms with Crippen molar-refractivity contribution in [3.05, 3.63) is 0 Å². The molecule has 4 aliphatic rings. The minimum absolute atomic E-state index is 0.265. The third kappa shape index (κ3) is 0.898. The molecule has 2 bridgehead atoms. The first-order valence-corrected chi connectivity index (χ1v) is 6.73. The van der Waals surface area contributed by atoms with Crippen LogP contribution in [0.5, 0.6) is 0 Å². The van der Waals surface area contributed by atoms with E-state index in [4.69, 9.17) is 10.5 Å². The number of ether oxygens (including phenoxy) is 1. The second-order valence-corrected chi connectivity index (χ2v) is 6.27. The first-order chi connectivity index (χ1) is 7.28. The Bertz CT molecular complexity index is 305. The molecule has 2 heteroatoms. The van der Waals surface area contributed by atoms with Crippen molar-refractivity contribution in [1.29, 1.82) is 0 Å². The van der Waals surface area contributed by atoms with Gasteiger partial charge in [-0.1, -0.05) is 19.3 Å². The van der Waals surface area contributed by atoms with Crippen LogP contribution in [-0.2, 0) is 4.74 Å². The normalized spacial score (nSPS) is 61.8. The fraction of sp³-hybridized carbons (Fsp3) is 1.00. The third-order valence-corrected chi connectivity index (χ3v) is 5.78. The first-order valence-electron chi connectivity index (χ1n) is 6.73. The van der Waals surface area contributed by atoms with Gasteiger partial charge in [0, 0.05) is 12.0 Å². The predicted octanol–water partition coefficient (Wildman–Crippen LogP) is 2.22. The number of hydrogen-bond donors (Lipinski definition) is 1. The summed E-state index contributed by atoms with van der Waals surface area (Å²) in [6.07, 6.45) is 10.8. The van der Waals surface area contributed by atoms with Gasteiger partial charge in [0.15, 0.2) is 0 Å². The molecule has 0 amide bonds. The number of hydrogen-bond acceptors (Lipinski definition) is 2. The van der Waals surface area contributed by atoms with Crippen LogP contribution in [0.2, 0.25) is 0 Å². The molecule has 0 unspecified atom stereocenters. The summed E-state index contributed by atoms with van der Waals surface area (Å²) in [5.41, 5.74) is 7.00. The van der Waals surface area contributed by atoms with Gasteiger partial charge < -0.3 is 10.5 Å². The SMILES string of the molecule is N[C@H]1[C@H]2CCC[C@H]1[C@]13CCCC[C@@]1(C2)O3. The zero-order valence-electron chi connectivity index (χ0n) is 9.37. The molecular formula is C13H21NO. The number of rotatable bonds is 0. The van der Waals surface area contributed by atoms with Crippen molar-refractivity contribution in [2.24, 2.45) is 17.6 Å². The van der Waals surface area contributed by atoms with Crippen LogP contribution in [0.3, 0.4) is 0 Å². The maximum Gasteiger partial charge on any atom is 0.102 e. The smallest absolute Gasteiger partial charge is 0.102 e. The van der Waals surface area contributed by atoms with Crippen LogP contribution in [0.25, 0.3) is 0 Å². The lowest BCUT2D eigenvalue weighted by Crippen LogP contribution is -2.56. The van der Waals surface area contributed by atoms with E-state index in [0.717, 1.165) is 5.92 Å². The average molecular weight is 207 g/mol. The summed E-state index contributed by atoms with van der Waals surface area (Å²) in [6.45, 7) is 0. The van der Waals surface area contributed by atoms with Gasteiger partial charge in [-0.15, -0.1) is 0 Å². The predicted molar refractivity (Wildman–Crippen MR) is 58.4 cm³/mol. The molecular weight excluding hydrogens is 186 g/mol. The van der Waals surface area contributed by atoms with Crippen molar-refractivity contribution in [2.75, 3.05) is 0 Å². The summed E-state index contributed by atoms with van der Waals surface area (Å²) in [5, 5.41) is 0. The number of nitrogens with two attached hydrogens (primary N) is 1. The Morgan fingerprint density at radius 1 is 1.07 bits per heavy atom. The van der Waals surface area contributed by atoms with Crippen LogP contribution in [0.4, 0.5) is 0 Å². The topological polar surface area (TPSA) is 38.5 Å². The highest BCUT2D eigenvalue weighted by Crippen LogP contribution is 2.69. The number of epoxide rings is 1. The van der Waals surface area contributed by atoms with Gasteiger partial charge in [-0.2, -0.15) is 0 Å². The Hall–Kier alpha value is -0.0800. The van der Waals surface area contributed by atoms with E-state index in [1.807, 2.05) is 0 Å². The Morgan fingerprint density at radius 2 is 1.93 bits per heavy atom. The van der Waals surface area contributed by atoms with E-state index in [2.05, 4.69) is 0 Å². The number of fused-ring (bicyclic) bond motifs is 2. The lowest BCUT2D eigenvalue weighted by Gasteiger charge is -2.47. The van der Waals surface area contributed by atoms with Crippen LogP contribution in [0.15, 0.2) is 0 Å². The minimum atomic E-state index is 0.265. The highest BCUT2D eigenvalue weighted by atomic mass is 16.6. The van der Waals surface area contributed by atoms with Crippen molar-refractivity contribution < 1.29 is 4.74 Å². The van der Waals surface area contributed by atoms with E-state index in [1.165, 1.54) is 51.4 Å². The second-order valence-electron chi connectivity index (χ2n) is 6.27. The Labute approximate surface area is 91.5 Å². The van der Waals surface area contributed by atoms with Gasteiger partial charge in [0.2, 0.25) is 0 Å². The van der Waals surface area contributed by atoms with Crippen LogP contribution >= 0.6 is 0 Å². The van der Waals surface area contributed by atoms with Gasteiger partial charge in [-0.3, -0.25) is 0 Å². The van der Waals surface area contributed by atoms with Crippen LogP contribution in [0, 0.1) is 11.8 Å². The quantitative estimate of drug-likeness (QED) is 0.618. The molecule has 0 aromatic rings. The van der Waals surface area contributed by atoms with Gasteiger partial charge in [0.05, 0.1) is 5.60 Å². The zero-order chi connectivity index (χ0) is 10.1.